The lowest BCUT2D eigenvalue weighted by Crippen LogP contribution is -2.46. The molecule has 4 rings (SSSR count). The summed E-state index contributed by atoms with van der Waals surface area (Å²) < 4.78 is 10.8. The van der Waals surface area contributed by atoms with Crippen LogP contribution >= 0.6 is 0 Å². The van der Waals surface area contributed by atoms with Gasteiger partial charge < -0.3 is 14.4 Å². The summed E-state index contributed by atoms with van der Waals surface area (Å²) in [6.07, 6.45) is 1.62. The first-order valence-corrected chi connectivity index (χ1v) is 7.10. The van der Waals surface area contributed by atoms with E-state index in [0.29, 0.717) is 6.79 Å². The standard InChI is InChI=1S/C14H17N5O2/c1-2-12-13(21-10-20-12)7-11(1)8-18-3-5-19(6-4-18)14-15-9-16-17-14/h1-2,7,9H,3-6,8,10H2,(H,15,16,17). The summed E-state index contributed by atoms with van der Waals surface area (Å²) in [6.45, 7) is 5.16. The number of fused-ring (bicyclic) bond motifs is 1. The zero-order valence-corrected chi connectivity index (χ0v) is 11.7. The molecule has 21 heavy (non-hydrogen) atoms. The second kappa shape index (κ2) is 5.25. The highest BCUT2D eigenvalue weighted by Gasteiger charge is 2.20. The van der Waals surface area contributed by atoms with Gasteiger partial charge in [-0.15, -0.1) is 5.10 Å². The smallest absolute Gasteiger partial charge is 0.244 e. The molecule has 1 saturated heterocycles. The molecule has 0 unspecified atom stereocenters. The van der Waals surface area contributed by atoms with Gasteiger partial charge in [-0.25, -0.2) is 4.98 Å². The highest BCUT2D eigenvalue weighted by molar-refractivity contribution is 5.44. The molecule has 1 N–H and O–H groups in total. The average molecular weight is 287 g/mol. The third kappa shape index (κ3) is 2.52. The zero-order valence-electron chi connectivity index (χ0n) is 11.7. The Morgan fingerprint density at radius 2 is 1.95 bits per heavy atom. The maximum Gasteiger partial charge on any atom is 0.244 e. The van der Waals surface area contributed by atoms with Crippen LogP contribution in [-0.4, -0.2) is 53.1 Å². The fourth-order valence-electron chi connectivity index (χ4n) is 2.76. The first-order valence-electron chi connectivity index (χ1n) is 7.10. The number of aromatic amines is 1. The van der Waals surface area contributed by atoms with Crippen molar-refractivity contribution in [3.8, 4) is 11.5 Å². The summed E-state index contributed by atoms with van der Waals surface area (Å²) in [5.41, 5.74) is 1.26. The van der Waals surface area contributed by atoms with Crippen molar-refractivity contribution in [3.63, 3.8) is 0 Å². The minimum atomic E-state index is 0.328. The summed E-state index contributed by atoms with van der Waals surface area (Å²) >= 11 is 0. The third-order valence-electron chi connectivity index (χ3n) is 3.90. The first kappa shape index (κ1) is 12.5. The summed E-state index contributed by atoms with van der Waals surface area (Å²) in [5, 5.41) is 6.89. The van der Waals surface area contributed by atoms with Gasteiger partial charge in [0, 0.05) is 32.7 Å². The van der Waals surface area contributed by atoms with Crippen molar-refractivity contribution in [3.05, 3.63) is 30.1 Å². The van der Waals surface area contributed by atoms with E-state index in [4.69, 9.17) is 9.47 Å². The van der Waals surface area contributed by atoms with Crippen LogP contribution in [0.2, 0.25) is 0 Å². The minimum absolute atomic E-state index is 0.328. The van der Waals surface area contributed by atoms with Crippen LogP contribution in [-0.2, 0) is 6.54 Å². The molecule has 1 fully saturated rings. The van der Waals surface area contributed by atoms with Crippen molar-refractivity contribution in [2.45, 2.75) is 6.54 Å². The number of piperazine rings is 1. The second-order valence-corrected chi connectivity index (χ2v) is 5.25. The second-order valence-electron chi connectivity index (χ2n) is 5.25. The number of rotatable bonds is 3. The number of hydrogen-bond donors (Lipinski definition) is 1. The lowest BCUT2D eigenvalue weighted by Gasteiger charge is -2.34. The van der Waals surface area contributed by atoms with Gasteiger partial charge in [-0.05, 0) is 17.7 Å². The number of nitrogens with zero attached hydrogens (tertiary/aromatic N) is 4. The first-order chi connectivity index (χ1) is 10.4. The van der Waals surface area contributed by atoms with E-state index in [9.17, 15) is 0 Å². The van der Waals surface area contributed by atoms with Crippen molar-refractivity contribution in [1.29, 1.82) is 0 Å². The maximum atomic E-state index is 5.43. The molecule has 0 atom stereocenters. The number of ether oxygens (including phenoxy) is 2. The van der Waals surface area contributed by atoms with E-state index < -0.39 is 0 Å². The Morgan fingerprint density at radius 3 is 2.76 bits per heavy atom. The Balaban J connectivity index is 1.36. The largest absolute Gasteiger partial charge is 0.454 e. The van der Waals surface area contributed by atoms with Crippen LogP contribution in [0.1, 0.15) is 5.56 Å². The van der Waals surface area contributed by atoms with Gasteiger partial charge in [0.05, 0.1) is 0 Å². The van der Waals surface area contributed by atoms with E-state index >= 15 is 0 Å². The molecule has 7 nitrogen and oxygen atoms in total. The van der Waals surface area contributed by atoms with Crippen molar-refractivity contribution in [1.82, 2.24) is 20.1 Å². The van der Waals surface area contributed by atoms with Gasteiger partial charge >= 0.3 is 0 Å². The lowest BCUT2D eigenvalue weighted by atomic mass is 10.1. The Morgan fingerprint density at radius 1 is 1.10 bits per heavy atom. The molecular weight excluding hydrogens is 270 g/mol. The predicted molar refractivity (Wildman–Crippen MR) is 76.4 cm³/mol. The van der Waals surface area contributed by atoms with E-state index in [1.807, 2.05) is 6.07 Å². The van der Waals surface area contributed by atoms with Gasteiger partial charge in [-0.1, -0.05) is 6.07 Å². The van der Waals surface area contributed by atoms with Gasteiger partial charge in [-0.3, -0.25) is 10.00 Å². The topological polar surface area (TPSA) is 66.5 Å². The molecule has 0 saturated carbocycles. The zero-order chi connectivity index (χ0) is 14.1. The molecule has 0 aliphatic carbocycles. The van der Waals surface area contributed by atoms with Crippen molar-refractivity contribution < 1.29 is 9.47 Å². The van der Waals surface area contributed by atoms with Crippen molar-refractivity contribution in [2.75, 3.05) is 37.9 Å². The molecule has 2 aliphatic heterocycles. The fraction of sp³-hybridized carbons (Fsp3) is 0.429. The van der Waals surface area contributed by atoms with Crippen LogP contribution in [0.4, 0.5) is 5.95 Å². The monoisotopic (exact) mass is 287 g/mol. The summed E-state index contributed by atoms with van der Waals surface area (Å²) in [7, 11) is 0. The summed E-state index contributed by atoms with van der Waals surface area (Å²) in [5.74, 6) is 2.48. The fourth-order valence-corrected chi connectivity index (χ4v) is 2.76. The Labute approximate surface area is 122 Å². The van der Waals surface area contributed by atoms with Crippen LogP contribution < -0.4 is 14.4 Å². The van der Waals surface area contributed by atoms with E-state index in [2.05, 4.69) is 37.1 Å². The van der Waals surface area contributed by atoms with Gasteiger partial charge in [-0.2, -0.15) is 0 Å². The molecule has 0 bridgehead atoms. The van der Waals surface area contributed by atoms with Gasteiger partial charge in [0.2, 0.25) is 12.7 Å². The van der Waals surface area contributed by atoms with E-state index in [-0.39, 0.29) is 0 Å². The van der Waals surface area contributed by atoms with Crippen molar-refractivity contribution in [2.24, 2.45) is 0 Å². The number of aromatic nitrogens is 3. The van der Waals surface area contributed by atoms with E-state index in [1.165, 1.54) is 5.56 Å². The third-order valence-corrected chi connectivity index (χ3v) is 3.90. The average Bonchev–Trinajstić information content (AvgIpc) is 3.19. The minimum Gasteiger partial charge on any atom is -0.454 e. The normalized spacial score (nSPS) is 18.2. The highest BCUT2D eigenvalue weighted by atomic mass is 16.7. The van der Waals surface area contributed by atoms with Gasteiger partial charge in [0.1, 0.15) is 6.33 Å². The molecule has 7 heteroatoms. The van der Waals surface area contributed by atoms with Crippen LogP contribution in [0.15, 0.2) is 24.5 Å². The van der Waals surface area contributed by atoms with Gasteiger partial charge in [0.15, 0.2) is 11.5 Å². The number of H-pyrrole nitrogens is 1. The van der Waals surface area contributed by atoms with E-state index in [1.54, 1.807) is 6.33 Å². The van der Waals surface area contributed by atoms with Crippen LogP contribution in [0.25, 0.3) is 0 Å². The Bertz CT molecular complexity index is 608. The molecule has 1 aromatic carbocycles. The molecule has 2 aromatic rings. The molecule has 3 heterocycles. The number of benzene rings is 1. The van der Waals surface area contributed by atoms with Crippen molar-refractivity contribution >= 4 is 5.95 Å². The van der Waals surface area contributed by atoms with E-state index in [0.717, 1.165) is 50.2 Å². The Hall–Kier alpha value is -2.28. The highest BCUT2D eigenvalue weighted by Crippen LogP contribution is 2.32. The molecular formula is C14H17N5O2. The SMILES string of the molecule is c1nc(N2CCN(Cc3ccc4c(c3)OCO4)CC2)n[nH]1. The number of anilines is 1. The van der Waals surface area contributed by atoms with Crippen LogP contribution in [0, 0.1) is 0 Å². The number of hydrogen-bond acceptors (Lipinski definition) is 6. The molecule has 110 valence electrons. The Kier molecular flexibility index (Phi) is 3.11. The molecule has 2 aliphatic rings. The molecule has 1 aromatic heterocycles. The van der Waals surface area contributed by atoms with Crippen LogP contribution in [0.5, 0.6) is 11.5 Å². The summed E-state index contributed by atoms with van der Waals surface area (Å²) in [6, 6.07) is 6.17. The molecule has 0 radical (unpaired) electrons. The van der Waals surface area contributed by atoms with Crippen LogP contribution in [0.3, 0.4) is 0 Å². The number of nitrogens with one attached hydrogen (secondary N) is 1. The molecule has 0 spiro atoms. The molecule has 0 amide bonds. The lowest BCUT2D eigenvalue weighted by molar-refractivity contribution is 0.174. The predicted octanol–water partition coefficient (Wildman–Crippen LogP) is 0.856. The summed E-state index contributed by atoms with van der Waals surface area (Å²) in [4.78, 5) is 8.83. The maximum absolute atomic E-state index is 5.43. The van der Waals surface area contributed by atoms with Gasteiger partial charge in [0.25, 0.3) is 0 Å². The quantitative estimate of drug-likeness (QED) is 0.903.